The van der Waals surface area contributed by atoms with Gasteiger partial charge in [0, 0.05) is 25.7 Å². The van der Waals surface area contributed by atoms with Crippen LogP contribution < -0.4 is 5.73 Å². The Hall–Kier alpha value is -1.72. The molecule has 0 unspecified atom stereocenters. The van der Waals surface area contributed by atoms with Crippen LogP contribution in [0.15, 0.2) is 28.8 Å². The molecule has 0 amide bonds. The minimum atomic E-state index is 0.561. The van der Waals surface area contributed by atoms with Crippen LogP contribution in [0.3, 0.4) is 0 Å². The van der Waals surface area contributed by atoms with E-state index < -0.39 is 0 Å². The molecule has 0 bridgehead atoms. The molecule has 19 heavy (non-hydrogen) atoms. The summed E-state index contributed by atoms with van der Waals surface area (Å²) >= 11 is 0. The second-order valence-electron chi connectivity index (χ2n) is 4.35. The minimum Gasteiger partial charge on any atom is -0.385 e. The van der Waals surface area contributed by atoms with Crippen LogP contribution in [0, 0.1) is 0 Å². The second kappa shape index (κ2) is 7.01. The van der Waals surface area contributed by atoms with Crippen molar-refractivity contribution in [2.24, 2.45) is 5.73 Å². The highest BCUT2D eigenvalue weighted by Gasteiger charge is 2.08. The van der Waals surface area contributed by atoms with Crippen molar-refractivity contribution in [3.8, 4) is 11.5 Å². The molecule has 0 aliphatic rings. The molecule has 0 saturated heterocycles. The first kappa shape index (κ1) is 13.7. The van der Waals surface area contributed by atoms with Gasteiger partial charge in [-0.1, -0.05) is 17.3 Å². The van der Waals surface area contributed by atoms with E-state index in [9.17, 15) is 0 Å². The van der Waals surface area contributed by atoms with Gasteiger partial charge >= 0.3 is 0 Å². The Morgan fingerprint density at radius 2 is 2.21 bits per heavy atom. The molecular formula is C14H19N3O2. The van der Waals surface area contributed by atoms with Crippen molar-refractivity contribution >= 4 is 0 Å². The topological polar surface area (TPSA) is 74.2 Å². The largest absolute Gasteiger partial charge is 0.385 e. The zero-order valence-electron chi connectivity index (χ0n) is 11.1. The van der Waals surface area contributed by atoms with E-state index in [4.69, 9.17) is 15.0 Å². The summed E-state index contributed by atoms with van der Waals surface area (Å²) in [7, 11) is 1.69. The van der Waals surface area contributed by atoms with Gasteiger partial charge in [-0.2, -0.15) is 4.98 Å². The van der Waals surface area contributed by atoms with Crippen molar-refractivity contribution in [2.75, 3.05) is 20.3 Å². The summed E-state index contributed by atoms with van der Waals surface area (Å²) in [6, 6.07) is 8.03. The van der Waals surface area contributed by atoms with E-state index in [1.807, 2.05) is 24.3 Å². The highest BCUT2D eigenvalue weighted by atomic mass is 16.5. The van der Waals surface area contributed by atoms with Crippen molar-refractivity contribution in [1.29, 1.82) is 0 Å². The zero-order valence-corrected chi connectivity index (χ0v) is 11.1. The van der Waals surface area contributed by atoms with E-state index in [0.29, 0.717) is 19.0 Å². The predicted octanol–water partition coefficient (Wildman–Crippen LogP) is 1.82. The summed E-state index contributed by atoms with van der Waals surface area (Å²) in [5.74, 6) is 1.28. The lowest BCUT2D eigenvalue weighted by atomic mass is 10.1. The number of hydrogen-bond donors (Lipinski definition) is 1. The van der Waals surface area contributed by atoms with Crippen molar-refractivity contribution in [1.82, 2.24) is 10.1 Å². The molecule has 0 aliphatic carbocycles. The fourth-order valence-electron chi connectivity index (χ4n) is 1.87. The first-order valence-electron chi connectivity index (χ1n) is 6.44. The summed E-state index contributed by atoms with van der Waals surface area (Å²) < 4.78 is 10.3. The molecule has 2 rings (SSSR count). The van der Waals surface area contributed by atoms with Gasteiger partial charge in [0.15, 0.2) is 5.82 Å². The van der Waals surface area contributed by atoms with E-state index in [0.717, 1.165) is 30.7 Å². The molecule has 1 aromatic carbocycles. The van der Waals surface area contributed by atoms with Crippen LogP contribution >= 0.6 is 0 Å². The van der Waals surface area contributed by atoms with Crippen LogP contribution in [0.1, 0.15) is 17.8 Å². The number of aromatic nitrogens is 2. The average molecular weight is 261 g/mol. The van der Waals surface area contributed by atoms with Crippen LogP contribution in [0.2, 0.25) is 0 Å². The Bertz CT molecular complexity index is 511. The molecule has 1 aromatic heterocycles. The molecule has 5 nitrogen and oxygen atoms in total. The SMILES string of the molecule is COCCCc1noc(-c2cccc(CCN)c2)n1. The molecule has 2 aromatic rings. The summed E-state index contributed by atoms with van der Waals surface area (Å²) in [6.07, 6.45) is 2.51. The van der Waals surface area contributed by atoms with Gasteiger partial charge in [0.1, 0.15) is 0 Å². The maximum absolute atomic E-state index is 5.56. The molecule has 0 saturated carbocycles. The molecule has 0 atom stereocenters. The van der Waals surface area contributed by atoms with Crippen LogP contribution in [0.25, 0.3) is 11.5 Å². The molecule has 0 spiro atoms. The van der Waals surface area contributed by atoms with E-state index in [1.54, 1.807) is 7.11 Å². The normalized spacial score (nSPS) is 10.8. The molecule has 0 radical (unpaired) electrons. The number of methoxy groups -OCH3 is 1. The van der Waals surface area contributed by atoms with E-state index in [1.165, 1.54) is 5.56 Å². The molecule has 5 heteroatoms. The summed E-state index contributed by atoms with van der Waals surface area (Å²) in [4.78, 5) is 4.39. The average Bonchev–Trinajstić information content (AvgIpc) is 2.89. The number of benzene rings is 1. The van der Waals surface area contributed by atoms with Crippen molar-refractivity contribution < 1.29 is 9.26 Å². The van der Waals surface area contributed by atoms with Crippen molar-refractivity contribution in [3.05, 3.63) is 35.7 Å². The summed E-state index contributed by atoms with van der Waals surface area (Å²) in [5, 5.41) is 3.97. The van der Waals surface area contributed by atoms with Gasteiger partial charge in [-0.05, 0) is 37.1 Å². The number of nitrogens with zero attached hydrogens (tertiary/aromatic N) is 2. The van der Waals surface area contributed by atoms with Gasteiger partial charge in [-0.25, -0.2) is 0 Å². The van der Waals surface area contributed by atoms with Gasteiger partial charge < -0.3 is 15.0 Å². The minimum absolute atomic E-state index is 0.561. The number of nitrogens with two attached hydrogens (primary N) is 1. The lowest BCUT2D eigenvalue weighted by molar-refractivity contribution is 0.194. The third-order valence-corrected chi connectivity index (χ3v) is 2.82. The summed E-state index contributed by atoms with van der Waals surface area (Å²) in [5.41, 5.74) is 7.68. The fourth-order valence-corrected chi connectivity index (χ4v) is 1.87. The smallest absolute Gasteiger partial charge is 0.257 e. The third-order valence-electron chi connectivity index (χ3n) is 2.82. The Labute approximate surface area is 112 Å². The Balaban J connectivity index is 2.07. The Kier molecular flexibility index (Phi) is 5.06. The molecule has 0 aliphatic heterocycles. The predicted molar refractivity (Wildman–Crippen MR) is 72.7 cm³/mol. The maximum Gasteiger partial charge on any atom is 0.257 e. The highest BCUT2D eigenvalue weighted by Crippen LogP contribution is 2.19. The Morgan fingerprint density at radius 3 is 3.00 bits per heavy atom. The molecule has 0 fully saturated rings. The third kappa shape index (κ3) is 3.87. The Morgan fingerprint density at radius 1 is 1.32 bits per heavy atom. The number of ether oxygens (including phenoxy) is 1. The number of hydrogen-bond acceptors (Lipinski definition) is 5. The molecule has 2 N–H and O–H groups in total. The number of aryl methyl sites for hydroxylation is 1. The van der Waals surface area contributed by atoms with Crippen molar-refractivity contribution in [3.63, 3.8) is 0 Å². The van der Waals surface area contributed by atoms with Gasteiger partial charge in [0.05, 0.1) is 0 Å². The first-order chi connectivity index (χ1) is 9.33. The summed E-state index contributed by atoms with van der Waals surface area (Å²) in [6.45, 7) is 1.34. The second-order valence-corrected chi connectivity index (χ2v) is 4.35. The van der Waals surface area contributed by atoms with Crippen LogP contribution in [0.4, 0.5) is 0 Å². The van der Waals surface area contributed by atoms with E-state index in [2.05, 4.69) is 10.1 Å². The first-order valence-corrected chi connectivity index (χ1v) is 6.44. The quantitative estimate of drug-likeness (QED) is 0.769. The molecule has 1 heterocycles. The lowest BCUT2D eigenvalue weighted by Crippen LogP contribution is -2.02. The fraction of sp³-hybridized carbons (Fsp3) is 0.429. The zero-order chi connectivity index (χ0) is 13.5. The van der Waals surface area contributed by atoms with Crippen LogP contribution in [0.5, 0.6) is 0 Å². The van der Waals surface area contributed by atoms with Crippen LogP contribution in [-0.2, 0) is 17.6 Å². The van der Waals surface area contributed by atoms with E-state index in [-0.39, 0.29) is 0 Å². The standard InChI is InChI=1S/C14H19N3O2/c1-18-9-3-6-13-16-14(19-17-13)12-5-2-4-11(10-12)7-8-15/h2,4-5,10H,3,6-9,15H2,1H3. The lowest BCUT2D eigenvalue weighted by Gasteiger charge is -2.00. The van der Waals surface area contributed by atoms with Gasteiger partial charge in [0.25, 0.3) is 5.89 Å². The number of rotatable bonds is 7. The van der Waals surface area contributed by atoms with Crippen molar-refractivity contribution in [2.45, 2.75) is 19.3 Å². The maximum atomic E-state index is 5.56. The van der Waals surface area contributed by atoms with Gasteiger partial charge in [-0.15, -0.1) is 0 Å². The van der Waals surface area contributed by atoms with Crippen LogP contribution in [-0.4, -0.2) is 30.4 Å². The highest BCUT2D eigenvalue weighted by molar-refractivity contribution is 5.54. The van der Waals surface area contributed by atoms with E-state index >= 15 is 0 Å². The van der Waals surface area contributed by atoms with Gasteiger partial charge in [-0.3, -0.25) is 0 Å². The molecular weight excluding hydrogens is 242 g/mol. The molecule has 102 valence electrons. The van der Waals surface area contributed by atoms with Gasteiger partial charge in [0.2, 0.25) is 0 Å². The monoisotopic (exact) mass is 261 g/mol.